The number of fused-ring (bicyclic) bond motifs is 6. The van der Waals surface area contributed by atoms with Gasteiger partial charge in [-0.25, -0.2) is 4.98 Å². The summed E-state index contributed by atoms with van der Waals surface area (Å²) in [7, 11) is 1.23. The van der Waals surface area contributed by atoms with Crippen molar-refractivity contribution in [2.75, 3.05) is 18.7 Å². The number of pyridine rings is 1. The molecule has 0 N–H and O–H groups in total. The predicted molar refractivity (Wildman–Crippen MR) is 115 cm³/mol. The number of rotatable bonds is 1. The van der Waals surface area contributed by atoms with E-state index in [1.54, 1.807) is 0 Å². The normalized spacial score (nSPS) is 17.0. The van der Waals surface area contributed by atoms with Crippen molar-refractivity contribution < 1.29 is 49.0 Å². The monoisotopic (exact) mass is 532 g/mol. The number of carbonyl (C=O) groups is 1. The number of Topliss-reactive ketones (excluding diaryl/α,β-unsaturated/α-hetero) is 1. The SMILES string of the molecule is CN1COC(C(F)(F)F)c2ccc3c(c(C(=O)C(F)(F)F)cc4c(C(F)(F)F)c5ccccc5nc43)c21. The molecule has 1 aliphatic heterocycles. The van der Waals surface area contributed by atoms with E-state index in [4.69, 9.17) is 4.74 Å². The quantitative estimate of drug-likeness (QED) is 0.111. The molecule has 0 saturated carbocycles. The molecule has 0 amide bonds. The molecule has 0 radical (unpaired) electrons. The molecule has 1 unspecified atom stereocenters. The highest BCUT2D eigenvalue weighted by Gasteiger charge is 2.47. The Hall–Kier alpha value is -3.61. The standard InChI is InChI=1S/C24H13F9N2O2/c1-35-9-37-21(24(31,32)33)12-7-6-11-16(19(12)35)13(20(36)23(28,29)30)8-14-17(22(25,26)27)10-4-2-3-5-15(10)34-18(11)14/h2-8,21H,9H2,1H3. The Morgan fingerprint density at radius 2 is 1.62 bits per heavy atom. The lowest BCUT2D eigenvalue weighted by Crippen LogP contribution is -2.36. The van der Waals surface area contributed by atoms with Crippen LogP contribution in [-0.2, 0) is 10.9 Å². The van der Waals surface area contributed by atoms with Gasteiger partial charge in [0.05, 0.1) is 22.3 Å². The number of aromatic nitrogens is 1. The van der Waals surface area contributed by atoms with Crippen molar-refractivity contribution in [3.8, 4) is 0 Å². The topological polar surface area (TPSA) is 42.4 Å². The van der Waals surface area contributed by atoms with Gasteiger partial charge in [0, 0.05) is 39.7 Å². The first-order valence-electron chi connectivity index (χ1n) is 10.5. The third-order valence-corrected chi connectivity index (χ3v) is 6.13. The number of nitrogens with zero attached hydrogens (tertiary/aromatic N) is 2. The molecule has 37 heavy (non-hydrogen) atoms. The third kappa shape index (κ3) is 3.92. The zero-order valence-corrected chi connectivity index (χ0v) is 18.4. The van der Waals surface area contributed by atoms with Gasteiger partial charge in [-0.1, -0.05) is 30.3 Å². The molecule has 5 rings (SSSR count). The summed E-state index contributed by atoms with van der Waals surface area (Å²) in [6.45, 7) is -0.701. The van der Waals surface area contributed by atoms with Crippen LogP contribution in [0, 0.1) is 0 Å². The van der Waals surface area contributed by atoms with Gasteiger partial charge in [-0.05, 0) is 12.1 Å². The molecule has 2 heterocycles. The molecular formula is C24H13F9N2O2. The molecule has 4 nitrogen and oxygen atoms in total. The molecule has 0 bridgehead atoms. The maximum atomic E-state index is 14.2. The number of carbonyl (C=O) groups excluding carboxylic acids is 1. The van der Waals surface area contributed by atoms with E-state index in [0.29, 0.717) is 6.07 Å². The van der Waals surface area contributed by atoms with Crippen molar-refractivity contribution in [2.24, 2.45) is 0 Å². The van der Waals surface area contributed by atoms with Crippen LogP contribution in [0.15, 0.2) is 42.5 Å². The lowest BCUT2D eigenvalue weighted by molar-refractivity contribution is -0.225. The maximum absolute atomic E-state index is 14.2. The van der Waals surface area contributed by atoms with E-state index in [2.05, 4.69) is 4.98 Å². The summed E-state index contributed by atoms with van der Waals surface area (Å²) in [5, 5.41) is -2.13. The Labute approximate surface area is 201 Å². The Balaban J connectivity index is 2.04. The number of hydrogen-bond acceptors (Lipinski definition) is 4. The van der Waals surface area contributed by atoms with E-state index in [1.165, 1.54) is 25.2 Å². The number of halogens is 9. The highest BCUT2D eigenvalue weighted by Crippen LogP contribution is 2.49. The van der Waals surface area contributed by atoms with Crippen LogP contribution in [0.5, 0.6) is 0 Å². The largest absolute Gasteiger partial charge is 0.454 e. The lowest BCUT2D eigenvalue weighted by atomic mass is 9.89. The minimum Gasteiger partial charge on any atom is -0.351 e. The van der Waals surface area contributed by atoms with Crippen molar-refractivity contribution >= 4 is 44.0 Å². The highest BCUT2D eigenvalue weighted by atomic mass is 19.4. The zero-order valence-electron chi connectivity index (χ0n) is 18.4. The van der Waals surface area contributed by atoms with Gasteiger partial charge in [0.25, 0.3) is 5.78 Å². The number of benzene rings is 3. The Morgan fingerprint density at radius 3 is 2.24 bits per heavy atom. The van der Waals surface area contributed by atoms with Gasteiger partial charge in [-0.15, -0.1) is 0 Å². The number of ketones is 1. The molecule has 1 atom stereocenters. The first-order chi connectivity index (χ1) is 17.1. The van der Waals surface area contributed by atoms with Gasteiger partial charge in [0.15, 0.2) is 6.10 Å². The summed E-state index contributed by atoms with van der Waals surface area (Å²) in [6.07, 6.45) is -18.1. The average Bonchev–Trinajstić information content (AvgIpc) is 2.79. The Bertz CT molecular complexity index is 1590. The molecule has 0 aliphatic carbocycles. The summed E-state index contributed by atoms with van der Waals surface area (Å²) in [6, 6.07) is 7.32. The van der Waals surface area contributed by atoms with E-state index in [-0.39, 0.29) is 10.9 Å². The van der Waals surface area contributed by atoms with Crippen molar-refractivity contribution in [3.05, 3.63) is 59.2 Å². The maximum Gasteiger partial charge on any atom is 0.454 e. The molecule has 0 saturated heterocycles. The molecule has 0 spiro atoms. The van der Waals surface area contributed by atoms with Gasteiger partial charge in [0.2, 0.25) is 0 Å². The Morgan fingerprint density at radius 1 is 0.946 bits per heavy atom. The first kappa shape index (κ1) is 25.1. The fraction of sp³-hybridized carbons (Fsp3) is 0.250. The first-order valence-corrected chi connectivity index (χ1v) is 10.5. The Kier molecular flexibility index (Phi) is 5.38. The molecule has 1 aromatic heterocycles. The molecule has 4 aromatic rings. The number of alkyl halides is 9. The van der Waals surface area contributed by atoms with Crippen LogP contribution in [0.1, 0.15) is 27.6 Å². The minimum absolute atomic E-state index is 0.138. The van der Waals surface area contributed by atoms with Crippen LogP contribution in [0.3, 0.4) is 0 Å². The van der Waals surface area contributed by atoms with Crippen LogP contribution in [0.2, 0.25) is 0 Å². The molecule has 0 fully saturated rings. The molecule has 3 aromatic carbocycles. The predicted octanol–water partition coefficient (Wildman–Crippen LogP) is 7.33. The third-order valence-electron chi connectivity index (χ3n) is 6.13. The van der Waals surface area contributed by atoms with Gasteiger partial charge in [-0.3, -0.25) is 4.79 Å². The van der Waals surface area contributed by atoms with Crippen LogP contribution in [-0.4, -0.2) is 36.9 Å². The molecule has 194 valence electrons. The van der Waals surface area contributed by atoms with Crippen LogP contribution in [0.4, 0.5) is 45.2 Å². The van der Waals surface area contributed by atoms with E-state index in [9.17, 15) is 44.3 Å². The van der Waals surface area contributed by atoms with Crippen LogP contribution in [0.25, 0.3) is 32.6 Å². The van der Waals surface area contributed by atoms with E-state index in [0.717, 1.165) is 23.1 Å². The smallest absolute Gasteiger partial charge is 0.351 e. The van der Waals surface area contributed by atoms with Crippen LogP contribution < -0.4 is 4.90 Å². The second-order valence-corrected chi connectivity index (χ2v) is 8.49. The number of ether oxygens (including phenoxy) is 1. The van der Waals surface area contributed by atoms with Crippen molar-refractivity contribution in [1.82, 2.24) is 4.98 Å². The van der Waals surface area contributed by atoms with Gasteiger partial charge in [-0.2, -0.15) is 39.5 Å². The molecular weight excluding hydrogens is 519 g/mol. The summed E-state index contributed by atoms with van der Waals surface area (Å²) < 4.78 is 130. The fourth-order valence-corrected chi connectivity index (χ4v) is 4.74. The highest BCUT2D eigenvalue weighted by molar-refractivity contribution is 6.23. The number of hydrogen-bond donors (Lipinski definition) is 0. The summed E-state index contributed by atoms with van der Waals surface area (Å²) in [5.74, 6) is -2.50. The van der Waals surface area contributed by atoms with Gasteiger partial charge >= 0.3 is 18.5 Å². The average molecular weight is 532 g/mol. The summed E-state index contributed by atoms with van der Waals surface area (Å²) in [5.41, 5.74) is -4.07. The molecule has 13 heteroatoms. The minimum atomic E-state index is -5.53. The second-order valence-electron chi connectivity index (χ2n) is 8.49. The van der Waals surface area contributed by atoms with Gasteiger partial charge < -0.3 is 9.64 Å². The molecule has 1 aliphatic rings. The van der Waals surface area contributed by atoms with Crippen LogP contribution >= 0.6 is 0 Å². The fourth-order valence-electron chi connectivity index (χ4n) is 4.74. The van der Waals surface area contributed by atoms with E-state index < -0.39 is 81.2 Å². The summed E-state index contributed by atoms with van der Waals surface area (Å²) >= 11 is 0. The summed E-state index contributed by atoms with van der Waals surface area (Å²) in [4.78, 5) is 17.8. The van der Waals surface area contributed by atoms with Crippen molar-refractivity contribution in [1.29, 1.82) is 0 Å². The number of anilines is 1. The lowest BCUT2D eigenvalue weighted by Gasteiger charge is -2.35. The van der Waals surface area contributed by atoms with Crippen molar-refractivity contribution in [3.63, 3.8) is 0 Å². The van der Waals surface area contributed by atoms with E-state index in [1.807, 2.05) is 0 Å². The number of para-hydroxylation sites is 1. The zero-order chi connectivity index (χ0) is 27.1. The van der Waals surface area contributed by atoms with E-state index >= 15 is 0 Å². The van der Waals surface area contributed by atoms with Crippen molar-refractivity contribution in [2.45, 2.75) is 24.6 Å². The van der Waals surface area contributed by atoms with Gasteiger partial charge in [0.1, 0.15) is 6.73 Å². The second kappa shape index (κ2) is 7.94.